The lowest BCUT2D eigenvalue weighted by Crippen LogP contribution is -2.52. The van der Waals surface area contributed by atoms with Crippen LogP contribution in [0.5, 0.6) is 0 Å². The third kappa shape index (κ3) is 12.8. The molecule has 0 saturated heterocycles. The highest BCUT2D eigenvalue weighted by Gasteiger charge is 2.26. The summed E-state index contributed by atoms with van der Waals surface area (Å²) in [6.45, 7) is 1.28. The molecule has 286 valence electrons. The second kappa shape index (κ2) is 21.5. The number of primary amides is 1. The summed E-state index contributed by atoms with van der Waals surface area (Å²) in [4.78, 5) is 74.9. The quantitative estimate of drug-likeness (QED) is 0.0412. The number of thiol groups is 1. The van der Waals surface area contributed by atoms with E-state index in [0.29, 0.717) is 44.7 Å². The van der Waals surface area contributed by atoms with Crippen molar-refractivity contribution in [2.75, 3.05) is 71.8 Å². The number of nitrogens with zero attached hydrogens (tertiary/aromatic N) is 2. The molecule has 15 nitrogen and oxygen atoms in total. The van der Waals surface area contributed by atoms with Crippen molar-refractivity contribution in [3.05, 3.63) is 72.1 Å². The molecule has 2 aromatic heterocycles. The van der Waals surface area contributed by atoms with Crippen LogP contribution in [0.2, 0.25) is 0 Å². The van der Waals surface area contributed by atoms with Crippen LogP contribution in [-0.4, -0.2) is 127 Å². The van der Waals surface area contributed by atoms with E-state index in [1.165, 1.54) is 9.80 Å². The van der Waals surface area contributed by atoms with E-state index < -0.39 is 29.8 Å². The largest absolute Gasteiger partial charge is 0.383 e. The highest BCUT2D eigenvalue weighted by molar-refractivity contribution is 7.80. The van der Waals surface area contributed by atoms with Gasteiger partial charge in [0.05, 0.1) is 26.2 Å². The van der Waals surface area contributed by atoms with Gasteiger partial charge in [0.15, 0.2) is 0 Å². The van der Waals surface area contributed by atoms with Gasteiger partial charge < -0.3 is 51.5 Å². The van der Waals surface area contributed by atoms with Crippen LogP contribution >= 0.6 is 12.6 Å². The maximum absolute atomic E-state index is 14.2. The van der Waals surface area contributed by atoms with Crippen molar-refractivity contribution in [1.82, 2.24) is 41.0 Å². The average molecular weight is 750 g/mol. The van der Waals surface area contributed by atoms with E-state index in [2.05, 4.69) is 43.9 Å². The predicted octanol–water partition coefficient (Wildman–Crippen LogP) is 1.31. The van der Waals surface area contributed by atoms with E-state index in [1.807, 2.05) is 60.9 Å². The minimum absolute atomic E-state index is 0.00797. The molecule has 2 heterocycles. The lowest BCUT2D eigenvalue weighted by Gasteiger charge is -2.28. The Labute approximate surface area is 314 Å². The molecule has 0 radical (unpaired) electrons. The molecule has 16 heteroatoms. The van der Waals surface area contributed by atoms with Crippen LogP contribution in [0.25, 0.3) is 21.8 Å². The number of aromatic nitrogens is 2. The summed E-state index contributed by atoms with van der Waals surface area (Å²) in [7, 11) is 1.58. The summed E-state index contributed by atoms with van der Waals surface area (Å²) in [5.41, 5.74) is 9.09. The molecule has 0 fully saturated rings. The molecule has 1 unspecified atom stereocenters. The lowest BCUT2D eigenvalue weighted by atomic mass is 10.1. The number of rotatable bonds is 23. The maximum atomic E-state index is 14.2. The summed E-state index contributed by atoms with van der Waals surface area (Å²) in [5, 5.41) is 13.1. The highest BCUT2D eigenvalue weighted by Crippen LogP contribution is 2.20. The number of hydrogen-bond acceptors (Lipinski definition) is 8. The van der Waals surface area contributed by atoms with Gasteiger partial charge in [0, 0.05) is 79.8 Å². The topological polar surface area (TPSA) is 207 Å². The first-order valence-electron chi connectivity index (χ1n) is 17.8. The van der Waals surface area contributed by atoms with Crippen molar-refractivity contribution >= 4 is 64.1 Å². The Morgan fingerprint density at radius 3 is 2.00 bits per heavy atom. The Morgan fingerprint density at radius 1 is 0.811 bits per heavy atom. The molecule has 53 heavy (non-hydrogen) atoms. The zero-order valence-corrected chi connectivity index (χ0v) is 31.0. The first-order valence-corrected chi connectivity index (χ1v) is 18.4. The first-order chi connectivity index (χ1) is 25.7. The minimum Gasteiger partial charge on any atom is -0.383 e. The molecule has 6 amide bonds. The number of ether oxygens (including phenoxy) is 1. The van der Waals surface area contributed by atoms with Crippen LogP contribution in [0.4, 0.5) is 4.79 Å². The fourth-order valence-corrected chi connectivity index (χ4v) is 6.13. The van der Waals surface area contributed by atoms with Crippen LogP contribution in [0.1, 0.15) is 24.0 Å². The third-order valence-corrected chi connectivity index (χ3v) is 9.03. The Balaban J connectivity index is 1.52. The number of fused-ring (bicyclic) bond motifs is 2. The van der Waals surface area contributed by atoms with Crippen molar-refractivity contribution < 1.29 is 28.7 Å². The molecule has 0 bridgehead atoms. The van der Waals surface area contributed by atoms with Gasteiger partial charge in [-0.2, -0.15) is 12.6 Å². The number of carbonyl (C=O) groups excluding carboxylic acids is 5. The van der Waals surface area contributed by atoms with Gasteiger partial charge in [0.1, 0.15) is 6.04 Å². The molecule has 4 aromatic rings. The van der Waals surface area contributed by atoms with Crippen molar-refractivity contribution in [2.45, 2.75) is 31.7 Å². The molecular weight excluding hydrogens is 699 g/mol. The number of amides is 6. The Bertz CT molecular complexity index is 1810. The molecule has 8 N–H and O–H groups in total. The number of H-pyrrole nitrogens is 2. The van der Waals surface area contributed by atoms with Crippen molar-refractivity contribution in [1.29, 1.82) is 0 Å². The molecule has 0 aliphatic carbocycles. The van der Waals surface area contributed by atoms with Gasteiger partial charge in [-0.25, -0.2) is 4.79 Å². The number of benzene rings is 2. The number of methoxy groups -OCH3 is 1. The number of nitrogens with two attached hydrogens (primary N) is 1. The normalized spacial score (nSPS) is 11.7. The molecule has 1 atom stereocenters. The smallest absolute Gasteiger partial charge is 0.312 e. The van der Waals surface area contributed by atoms with E-state index in [-0.39, 0.29) is 51.6 Å². The fraction of sp³-hybridized carbons (Fsp3) is 0.432. The maximum Gasteiger partial charge on any atom is 0.312 e. The van der Waals surface area contributed by atoms with Gasteiger partial charge in [-0.1, -0.05) is 36.4 Å². The summed E-state index contributed by atoms with van der Waals surface area (Å²) in [6.07, 6.45) is 5.34. The number of carbonyl (C=O) groups is 5. The van der Waals surface area contributed by atoms with E-state index >= 15 is 0 Å². The van der Waals surface area contributed by atoms with Gasteiger partial charge >= 0.3 is 6.03 Å². The molecule has 2 aromatic carbocycles. The van der Waals surface area contributed by atoms with Crippen LogP contribution in [0.15, 0.2) is 60.9 Å². The number of hydrogen-bond donors (Lipinski definition) is 8. The molecule has 4 rings (SSSR count). The van der Waals surface area contributed by atoms with Crippen LogP contribution in [0, 0.1) is 0 Å². The third-order valence-electron chi connectivity index (χ3n) is 8.81. The Kier molecular flexibility index (Phi) is 16.5. The SMILES string of the molecule is COCCNCC(=O)N(CCc1c[nH]c2ccccc12)CC(=O)N(CCc1c[nH]c2ccccc12)CC(=O)NC(CCCNC(N)=O)C(=O)NCCS. The summed E-state index contributed by atoms with van der Waals surface area (Å²) in [5.74, 6) is -1.21. The second-order valence-corrected chi connectivity index (χ2v) is 13.0. The molecule has 0 aliphatic heterocycles. The van der Waals surface area contributed by atoms with E-state index in [1.54, 1.807) is 7.11 Å². The van der Waals surface area contributed by atoms with Gasteiger partial charge in [-0.15, -0.1) is 0 Å². The molecular formula is C37H51N9O6S. The van der Waals surface area contributed by atoms with Crippen LogP contribution in [-0.2, 0) is 36.8 Å². The highest BCUT2D eigenvalue weighted by atomic mass is 32.1. The van der Waals surface area contributed by atoms with Crippen molar-refractivity contribution in [2.24, 2.45) is 5.73 Å². The van der Waals surface area contributed by atoms with Crippen molar-refractivity contribution in [3.8, 4) is 0 Å². The van der Waals surface area contributed by atoms with E-state index in [9.17, 15) is 24.0 Å². The Hall–Kier alpha value is -5.06. The molecule has 0 spiro atoms. The van der Waals surface area contributed by atoms with Gasteiger partial charge in [-0.05, 0) is 48.9 Å². The van der Waals surface area contributed by atoms with E-state index in [4.69, 9.17) is 10.5 Å². The minimum atomic E-state index is -0.921. The molecule has 0 aliphatic rings. The number of para-hydroxylation sites is 2. The fourth-order valence-electron chi connectivity index (χ4n) is 6.02. The zero-order valence-electron chi connectivity index (χ0n) is 30.1. The lowest BCUT2D eigenvalue weighted by molar-refractivity contribution is -0.142. The number of aromatic amines is 2. The summed E-state index contributed by atoms with van der Waals surface area (Å²) < 4.78 is 5.10. The monoisotopic (exact) mass is 749 g/mol. The van der Waals surface area contributed by atoms with Crippen molar-refractivity contribution in [3.63, 3.8) is 0 Å². The first kappa shape index (κ1) is 40.7. The summed E-state index contributed by atoms with van der Waals surface area (Å²) in [6, 6.07) is 14.1. The van der Waals surface area contributed by atoms with Crippen LogP contribution < -0.4 is 27.0 Å². The summed E-state index contributed by atoms with van der Waals surface area (Å²) >= 11 is 4.15. The molecule has 0 saturated carbocycles. The number of urea groups is 1. The second-order valence-electron chi connectivity index (χ2n) is 12.6. The Morgan fingerprint density at radius 2 is 1.42 bits per heavy atom. The van der Waals surface area contributed by atoms with E-state index in [0.717, 1.165) is 32.9 Å². The zero-order chi connectivity index (χ0) is 38.0. The standard InChI is InChI=1S/C37H51N9O6S/c1-52-19-15-39-23-34(48)46(18-13-27-22-43-31-10-5-3-8-29(27)31)25-35(49)45(17-12-26-21-42-30-9-4-2-7-28(26)30)24-33(47)44-32(36(50)40-16-20-53)11-6-14-41-37(38)51/h2-5,7-10,21-22,32,39,42-43,53H,6,11-20,23-25H2,1H3,(H,40,50)(H,44,47)(H3,38,41,51). The van der Waals surface area contributed by atoms with Gasteiger partial charge in [0.2, 0.25) is 23.6 Å². The predicted molar refractivity (Wildman–Crippen MR) is 208 cm³/mol. The average Bonchev–Trinajstić information content (AvgIpc) is 3.77. The van der Waals surface area contributed by atoms with Gasteiger partial charge in [0.25, 0.3) is 0 Å². The van der Waals surface area contributed by atoms with Gasteiger partial charge in [-0.3, -0.25) is 19.2 Å². The number of nitrogens with one attached hydrogen (secondary N) is 6. The van der Waals surface area contributed by atoms with Crippen LogP contribution in [0.3, 0.4) is 0 Å².